The fourth-order valence-electron chi connectivity index (χ4n) is 2.38. The number of nitrogens with zero attached hydrogens (tertiary/aromatic N) is 2. The molecule has 0 spiro atoms. The van der Waals surface area contributed by atoms with Gasteiger partial charge in [0.15, 0.2) is 0 Å². The van der Waals surface area contributed by atoms with Crippen molar-refractivity contribution in [2.75, 3.05) is 39.8 Å². The van der Waals surface area contributed by atoms with Crippen molar-refractivity contribution in [3.63, 3.8) is 0 Å². The second-order valence-electron chi connectivity index (χ2n) is 6.28. The van der Waals surface area contributed by atoms with Crippen LogP contribution in [0.1, 0.15) is 34.6 Å². The van der Waals surface area contributed by atoms with Crippen LogP contribution in [0.5, 0.6) is 0 Å². The molecule has 1 aliphatic rings. The van der Waals surface area contributed by atoms with E-state index >= 15 is 0 Å². The van der Waals surface area contributed by atoms with Crippen LogP contribution in [-0.4, -0.2) is 61.4 Å². The molecular formula is C17H25N3O2. The number of likely N-dealkylation sites (N-methyl/N-ethyl adjacent to an activating group) is 1. The molecule has 0 atom stereocenters. The minimum Gasteiger partial charge on any atom is -0.352 e. The summed E-state index contributed by atoms with van der Waals surface area (Å²) in [6.07, 6.45) is 0. The Labute approximate surface area is 132 Å². The van der Waals surface area contributed by atoms with Crippen LogP contribution >= 0.6 is 0 Å². The van der Waals surface area contributed by atoms with E-state index in [0.717, 1.165) is 26.2 Å². The smallest absolute Gasteiger partial charge is 0.253 e. The first-order valence-corrected chi connectivity index (χ1v) is 7.83. The van der Waals surface area contributed by atoms with E-state index in [0.29, 0.717) is 23.6 Å². The maximum atomic E-state index is 12.5. The van der Waals surface area contributed by atoms with Crippen molar-refractivity contribution in [1.82, 2.24) is 15.1 Å². The fourth-order valence-corrected chi connectivity index (χ4v) is 2.38. The Balaban J connectivity index is 2.04. The van der Waals surface area contributed by atoms with Crippen LogP contribution in [0.25, 0.3) is 0 Å². The summed E-state index contributed by atoms with van der Waals surface area (Å²) in [5.74, 6) is 0.285. The van der Waals surface area contributed by atoms with Gasteiger partial charge in [-0.05, 0) is 31.2 Å². The third kappa shape index (κ3) is 4.31. The minimum absolute atomic E-state index is 0.00612. The van der Waals surface area contributed by atoms with E-state index in [-0.39, 0.29) is 11.8 Å². The normalized spacial score (nSPS) is 15.9. The molecule has 5 nitrogen and oxygen atoms in total. The summed E-state index contributed by atoms with van der Waals surface area (Å²) in [4.78, 5) is 28.7. The van der Waals surface area contributed by atoms with Crippen molar-refractivity contribution in [2.45, 2.75) is 13.8 Å². The molecule has 0 aliphatic carbocycles. The second-order valence-corrected chi connectivity index (χ2v) is 6.28. The SMILES string of the molecule is CC(C)CNC(=O)c1cccc(C(=O)N2CCN(C)CC2)c1. The van der Waals surface area contributed by atoms with Crippen LogP contribution in [0.4, 0.5) is 0 Å². The van der Waals surface area contributed by atoms with Crippen molar-refractivity contribution in [2.24, 2.45) is 5.92 Å². The minimum atomic E-state index is -0.123. The van der Waals surface area contributed by atoms with E-state index in [1.165, 1.54) is 0 Å². The van der Waals surface area contributed by atoms with Crippen molar-refractivity contribution in [3.05, 3.63) is 35.4 Å². The highest BCUT2D eigenvalue weighted by Crippen LogP contribution is 2.11. The maximum Gasteiger partial charge on any atom is 0.253 e. The first-order chi connectivity index (χ1) is 10.5. The number of amides is 2. The number of nitrogens with one attached hydrogen (secondary N) is 1. The number of piperazine rings is 1. The van der Waals surface area contributed by atoms with Crippen LogP contribution in [0.2, 0.25) is 0 Å². The topological polar surface area (TPSA) is 52.7 Å². The molecule has 0 unspecified atom stereocenters. The van der Waals surface area contributed by atoms with Crippen molar-refractivity contribution < 1.29 is 9.59 Å². The molecule has 5 heteroatoms. The van der Waals surface area contributed by atoms with E-state index in [2.05, 4.69) is 17.3 Å². The summed E-state index contributed by atoms with van der Waals surface area (Å²) < 4.78 is 0. The van der Waals surface area contributed by atoms with E-state index in [1.54, 1.807) is 24.3 Å². The lowest BCUT2D eigenvalue weighted by Crippen LogP contribution is -2.47. The lowest BCUT2D eigenvalue weighted by atomic mass is 10.1. The summed E-state index contributed by atoms with van der Waals surface area (Å²) in [6, 6.07) is 6.99. The molecule has 1 aromatic carbocycles. The van der Waals surface area contributed by atoms with E-state index in [9.17, 15) is 9.59 Å². The number of benzene rings is 1. The van der Waals surface area contributed by atoms with Gasteiger partial charge in [-0.3, -0.25) is 9.59 Å². The van der Waals surface area contributed by atoms with Gasteiger partial charge in [0.2, 0.25) is 0 Å². The zero-order valence-corrected chi connectivity index (χ0v) is 13.6. The predicted octanol–water partition coefficient (Wildman–Crippen LogP) is 1.46. The average Bonchev–Trinajstić information content (AvgIpc) is 2.52. The Morgan fingerprint density at radius 1 is 1.14 bits per heavy atom. The summed E-state index contributed by atoms with van der Waals surface area (Å²) >= 11 is 0. The van der Waals surface area contributed by atoms with E-state index < -0.39 is 0 Å². The molecule has 1 heterocycles. The summed E-state index contributed by atoms with van der Waals surface area (Å²) in [6.45, 7) is 7.98. The van der Waals surface area contributed by atoms with Gasteiger partial charge in [-0.2, -0.15) is 0 Å². The molecule has 1 aromatic rings. The first kappa shape index (κ1) is 16.5. The van der Waals surface area contributed by atoms with Crippen LogP contribution in [0.3, 0.4) is 0 Å². The Morgan fingerprint density at radius 3 is 2.41 bits per heavy atom. The molecule has 1 saturated heterocycles. The maximum absolute atomic E-state index is 12.5. The quantitative estimate of drug-likeness (QED) is 0.916. The van der Waals surface area contributed by atoms with Gasteiger partial charge in [0, 0.05) is 43.9 Å². The molecule has 2 rings (SSSR count). The van der Waals surface area contributed by atoms with Crippen LogP contribution < -0.4 is 5.32 Å². The molecule has 1 N–H and O–H groups in total. The summed E-state index contributed by atoms with van der Waals surface area (Å²) in [5, 5.41) is 2.88. The highest BCUT2D eigenvalue weighted by molar-refractivity contribution is 5.99. The van der Waals surface area contributed by atoms with Gasteiger partial charge in [-0.25, -0.2) is 0 Å². The molecule has 0 aromatic heterocycles. The predicted molar refractivity (Wildman–Crippen MR) is 87.0 cm³/mol. The lowest BCUT2D eigenvalue weighted by Gasteiger charge is -2.32. The second kappa shape index (κ2) is 7.40. The van der Waals surface area contributed by atoms with Crippen molar-refractivity contribution in [3.8, 4) is 0 Å². The standard InChI is InChI=1S/C17H25N3O2/c1-13(2)12-18-16(21)14-5-4-6-15(11-14)17(22)20-9-7-19(3)8-10-20/h4-6,11,13H,7-10,12H2,1-3H3,(H,18,21). The first-order valence-electron chi connectivity index (χ1n) is 7.83. The Bertz CT molecular complexity index is 534. The molecule has 1 aliphatic heterocycles. The monoisotopic (exact) mass is 303 g/mol. The largest absolute Gasteiger partial charge is 0.352 e. The highest BCUT2D eigenvalue weighted by Gasteiger charge is 2.21. The molecule has 1 fully saturated rings. The van der Waals surface area contributed by atoms with Gasteiger partial charge in [-0.15, -0.1) is 0 Å². The molecule has 22 heavy (non-hydrogen) atoms. The van der Waals surface area contributed by atoms with Crippen LogP contribution in [-0.2, 0) is 0 Å². The molecule has 0 radical (unpaired) electrons. The van der Waals surface area contributed by atoms with Crippen molar-refractivity contribution in [1.29, 1.82) is 0 Å². The average molecular weight is 303 g/mol. The van der Waals surface area contributed by atoms with Gasteiger partial charge >= 0.3 is 0 Å². The van der Waals surface area contributed by atoms with Gasteiger partial charge in [0.25, 0.3) is 11.8 Å². The fraction of sp³-hybridized carbons (Fsp3) is 0.529. The number of hydrogen-bond donors (Lipinski definition) is 1. The van der Waals surface area contributed by atoms with Gasteiger partial charge in [0.1, 0.15) is 0 Å². The molecule has 0 saturated carbocycles. The molecule has 120 valence electrons. The summed E-state index contributed by atoms with van der Waals surface area (Å²) in [5.41, 5.74) is 1.13. The summed E-state index contributed by atoms with van der Waals surface area (Å²) in [7, 11) is 2.06. The third-order valence-corrected chi connectivity index (χ3v) is 3.83. The Hall–Kier alpha value is -1.88. The number of carbonyl (C=O) groups is 2. The lowest BCUT2D eigenvalue weighted by molar-refractivity contribution is 0.0664. The molecular weight excluding hydrogens is 278 g/mol. The number of hydrogen-bond acceptors (Lipinski definition) is 3. The van der Waals surface area contributed by atoms with Crippen molar-refractivity contribution >= 4 is 11.8 Å². The van der Waals surface area contributed by atoms with Gasteiger partial charge < -0.3 is 15.1 Å². The van der Waals surface area contributed by atoms with Gasteiger partial charge in [0.05, 0.1) is 0 Å². The molecule has 0 bridgehead atoms. The number of carbonyl (C=O) groups excluding carboxylic acids is 2. The zero-order chi connectivity index (χ0) is 16.1. The van der Waals surface area contributed by atoms with E-state index in [1.807, 2.05) is 18.7 Å². The van der Waals surface area contributed by atoms with Crippen LogP contribution in [0, 0.1) is 5.92 Å². The number of rotatable bonds is 4. The Kier molecular flexibility index (Phi) is 5.55. The zero-order valence-electron chi connectivity index (χ0n) is 13.6. The third-order valence-electron chi connectivity index (χ3n) is 3.83. The molecule has 2 amide bonds. The van der Waals surface area contributed by atoms with E-state index in [4.69, 9.17) is 0 Å². The Morgan fingerprint density at radius 2 is 1.77 bits per heavy atom. The van der Waals surface area contributed by atoms with Gasteiger partial charge in [-0.1, -0.05) is 19.9 Å². The highest BCUT2D eigenvalue weighted by atomic mass is 16.2. The van der Waals surface area contributed by atoms with Crippen LogP contribution in [0.15, 0.2) is 24.3 Å².